The summed E-state index contributed by atoms with van der Waals surface area (Å²) in [4.78, 5) is 8.03. The second-order valence-corrected chi connectivity index (χ2v) is 3.58. The van der Waals surface area contributed by atoms with Gasteiger partial charge in [-0.05, 0) is 5.92 Å². The molecule has 0 bridgehead atoms. The predicted octanol–water partition coefficient (Wildman–Crippen LogP) is 1.15. The van der Waals surface area contributed by atoms with Crippen LogP contribution < -0.4 is 15.2 Å². The first-order chi connectivity index (χ1) is 7.11. The maximum atomic E-state index is 6.05. The van der Waals surface area contributed by atoms with Crippen LogP contribution in [0.15, 0.2) is 6.33 Å². The first-order valence-corrected chi connectivity index (χ1v) is 4.80. The predicted molar refractivity (Wildman–Crippen MR) is 56.9 cm³/mol. The van der Waals surface area contributed by atoms with Gasteiger partial charge in [0.25, 0.3) is 0 Å². The van der Waals surface area contributed by atoms with Crippen molar-refractivity contribution in [3.05, 3.63) is 11.9 Å². The Labute approximate surface area is 89.6 Å². The summed E-state index contributed by atoms with van der Waals surface area (Å²) >= 11 is 0. The van der Waals surface area contributed by atoms with Crippen LogP contribution in [0.5, 0.6) is 11.8 Å². The van der Waals surface area contributed by atoms with E-state index in [-0.39, 0.29) is 12.0 Å². The minimum atomic E-state index is -0.198. The summed E-state index contributed by atoms with van der Waals surface area (Å²) in [5.74, 6) is 1.21. The SMILES string of the molecule is COc1ncnc(OC)c1C(N)C(C)C. The van der Waals surface area contributed by atoms with Gasteiger partial charge in [-0.15, -0.1) is 0 Å². The molecule has 1 heterocycles. The molecule has 1 aromatic heterocycles. The molecule has 0 aliphatic carbocycles. The molecule has 0 saturated heterocycles. The van der Waals surface area contributed by atoms with E-state index < -0.39 is 0 Å². The van der Waals surface area contributed by atoms with E-state index in [1.54, 1.807) is 14.2 Å². The zero-order chi connectivity index (χ0) is 11.4. The molecule has 15 heavy (non-hydrogen) atoms. The first kappa shape index (κ1) is 11.7. The van der Waals surface area contributed by atoms with E-state index in [0.717, 1.165) is 5.56 Å². The molecule has 2 N–H and O–H groups in total. The number of nitrogens with two attached hydrogens (primary N) is 1. The summed E-state index contributed by atoms with van der Waals surface area (Å²) < 4.78 is 10.3. The Kier molecular flexibility index (Phi) is 3.85. The molecule has 0 aliphatic rings. The highest BCUT2D eigenvalue weighted by Crippen LogP contribution is 2.32. The fourth-order valence-electron chi connectivity index (χ4n) is 1.31. The standard InChI is InChI=1S/C10H17N3O2/c1-6(2)8(11)7-9(14-3)12-5-13-10(7)15-4/h5-6,8H,11H2,1-4H3. The zero-order valence-corrected chi connectivity index (χ0v) is 9.52. The van der Waals surface area contributed by atoms with Crippen LogP contribution in [0.25, 0.3) is 0 Å². The van der Waals surface area contributed by atoms with Gasteiger partial charge in [0, 0.05) is 6.04 Å². The van der Waals surface area contributed by atoms with E-state index >= 15 is 0 Å². The molecule has 0 radical (unpaired) electrons. The molecular weight excluding hydrogens is 194 g/mol. The third-order valence-electron chi connectivity index (χ3n) is 2.25. The molecule has 0 fully saturated rings. The van der Waals surface area contributed by atoms with Crippen molar-refractivity contribution in [3.8, 4) is 11.8 Å². The lowest BCUT2D eigenvalue weighted by Gasteiger charge is -2.19. The molecule has 0 amide bonds. The number of hydrogen-bond donors (Lipinski definition) is 1. The minimum Gasteiger partial charge on any atom is -0.481 e. The Bertz CT molecular complexity index is 306. The third-order valence-corrected chi connectivity index (χ3v) is 2.25. The molecule has 1 atom stereocenters. The lowest BCUT2D eigenvalue weighted by atomic mass is 9.98. The second-order valence-electron chi connectivity index (χ2n) is 3.58. The summed E-state index contributed by atoms with van der Waals surface area (Å²) in [6.07, 6.45) is 1.40. The van der Waals surface area contributed by atoms with Crippen molar-refractivity contribution in [3.63, 3.8) is 0 Å². The van der Waals surface area contributed by atoms with Crippen molar-refractivity contribution < 1.29 is 9.47 Å². The lowest BCUT2D eigenvalue weighted by Crippen LogP contribution is -2.19. The maximum Gasteiger partial charge on any atom is 0.224 e. The van der Waals surface area contributed by atoms with Crippen molar-refractivity contribution >= 4 is 0 Å². The van der Waals surface area contributed by atoms with Gasteiger partial charge in [-0.25, -0.2) is 9.97 Å². The number of rotatable bonds is 4. The Morgan fingerprint density at radius 1 is 1.13 bits per heavy atom. The Hall–Kier alpha value is -1.36. The highest BCUT2D eigenvalue weighted by Gasteiger charge is 2.22. The number of aromatic nitrogens is 2. The summed E-state index contributed by atoms with van der Waals surface area (Å²) in [6, 6.07) is -0.198. The summed E-state index contributed by atoms with van der Waals surface area (Å²) in [5.41, 5.74) is 6.77. The van der Waals surface area contributed by atoms with Crippen LogP contribution in [0, 0.1) is 5.92 Å². The smallest absolute Gasteiger partial charge is 0.224 e. The van der Waals surface area contributed by atoms with Crippen molar-refractivity contribution in [2.75, 3.05) is 14.2 Å². The Morgan fingerprint density at radius 3 is 1.93 bits per heavy atom. The van der Waals surface area contributed by atoms with Gasteiger partial charge in [-0.2, -0.15) is 0 Å². The number of ether oxygens (including phenoxy) is 2. The molecule has 0 aromatic carbocycles. The van der Waals surface area contributed by atoms with Crippen molar-refractivity contribution in [1.29, 1.82) is 0 Å². The van der Waals surface area contributed by atoms with E-state index in [1.165, 1.54) is 6.33 Å². The molecule has 1 rings (SSSR count). The molecule has 5 nitrogen and oxygen atoms in total. The molecule has 84 valence electrons. The van der Waals surface area contributed by atoms with Gasteiger partial charge in [0.1, 0.15) is 6.33 Å². The van der Waals surface area contributed by atoms with E-state index in [2.05, 4.69) is 9.97 Å². The largest absolute Gasteiger partial charge is 0.481 e. The van der Waals surface area contributed by atoms with Crippen molar-refractivity contribution in [2.45, 2.75) is 19.9 Å². The van der Waals surface area contributed by atoms with Crippen molar-refractivity contribution in [2.24, 2.45) is 11.7 Å². The second kappa shape index (κ2) is 4.93. The molecular formula is C10H17N3O2. The van der Waals surface area contributed by atoms with Crippen LogP contribution in [0.1, 0.15) is 25.5 Å². The van der Waals surface area contributed by atoms with Gasteiger partial charge in [-0.3, -0.25) is 0 Å². The Morgan fingerprint density at radius 2 is 1.60 bits per heavy atom. The quantitative estimate of drug-likeness (QED) is 0.809. The summed E-state index contributed by atoms with van der Waals surface area (Å²) in [7, 11) is 3.11. The monoisotopic (exact) mass is 211 g/mol. The number of hydrogen-bond acceptors (Lipinski definition) is 5. The van der Waals surface area contributed by atoms with Crippen molar-refractivity contribution in [1.82, 2.24) is 9.97 Å². The fourth-order valence-corrected chi connectivity index (χ4v) is 1.31. The van der Waals surface area contributed by atoms with Gasteiger partial charge in [0.2, 0.25) is 11.8 Å². The van der Waals surface area contributed by atoms with Crippen LogP contribution in [0.3, 0.4) is 0 Å². The molecule has 0 spiro atoms. The van der Waals surface area contributed by atoms with E-state index in [4.69, 9.17) is 15.2 Å². The van der Waals surface area contributed by atoms with Crippen LogP contribution in [0.4, 0.5) is 0 Å². The van der Waals surface area contributed by atoms with Crippen LogP contribution >= 0.6 is 0 Å². The van der Waals surface area contributed by atoms with E-state index in [1.807, 2.05) is 13.8 Å². The zero-order valence-electron chi connectivity index (χ0n) is 9.52. The maximum absolute atomic E-state index is 6.05. The average Bonchev–Trinajstić information content (AvgIpc) is 2.26. The molecule has 5 heteroatoms. The highest BCUT2D eigenvalue weighted by atomic mass is 16.5. The Balaban J connectivity index is 3.21. The van der Waals surface area contributed by atoms with E-state index in [0.29, 0.717) is 11.8 Å². The molecule has 0 saturated carbocycles. The van der Waals surface area contributed by atoms with Crippen LogP contribution in [0.2, 0.25) is 0 Å². The van der Waals surface area contributed by atoms with Gasteiger partial charge in [0.05, 0.1) is 19.8 Å². The minimum absolute atomic E-state index is 0.198. The summed E-state index contributed by atoms with van der Waals surface area (Å²) in [6.45, 7) is 4.05. The third kappa shape index (κ3) is 2.36. The normalized spacial score (nSPS) is 12.7. The van der Waals surface area contributed by atoms with Crippen LogP contribution in [-0.2, 0) is 0 Å². The average molecular weight is 211 g/mol. The summed E-state index contributed by atoms with van der Waals surface area (Å²) in [5, 5.41) is 0. The lowest BCUT2D eigenvalue weighted by molar-refractivity contribution is 0.345. The van der Waals surface area contributed by atoms with Gasteiger partial charge in [0.15, 0.2) is 0 Å². The molecule has 0 aliphatic heterocycles. The van der Waals surface area contributed by atoms with Gasteiger partial charge >= 0.3 is 0 Å². The number of methoxy groups -OCH3 is 2. The van der Waals surface area contributed by atoms with Gasteiger partial charge < -0.3 is 15.2 Å². The topological polar surface area (TPSA) is 70.3 Å². The van der Waals surface area contributed by atoms with E-state index in [9.17, 15) is 0 Å². The molecule has 1 unspecified atom stereocenters. The molecule has 1 aromatic rings. The number of nitrogens with zero attached hydrogens (tertiary/aromatic N) is 2. The van der Waals surface area contributed by atoms with Crippen LogP contribution in [-0.4, -0.2) is 24.2 Å². The highest BCUT2D eigenvalue weighted by molar-refractivity contribution is 5.37. The first-order valence-electron chi connectivity index (χ1n) is 4.80. The fraction of sp³-hybridized carbons (Fsp3) is 0.600. The van der Waals surface area contributed by atoms with Gasteiger partial charge in [-0.1, -0.05) is 13.8 Å².